The third-order valence-corrected chi connectivity index (χ3v) is 2.81. The first-order valence-corrected chi connectivity index (χ1v) is 5.94. The molecule has 0 aromatic heterocycles. The average molecular weight is 288 g/mol. The van der Waals surface area contributed by atoms with Crippen LogP contribution in [0.15, 0.2) is 42.5 Å². The quantitative estimate of drug-likeness (QED) is 0.647. The van der Waals surface area contributed by atoms with Crippen LogP contribution in [0.5, 0.6) is 5.75 Å². The molecule has 0 aliphatic heterocycles. The lowest BCUT2D eigenvalue weighted by Crippen LogP contribution is -2.00. The number of hydrogen-bond donors (Lipinski definition) is 2. The molecule has 2 N–H and O–H groups in total. The van der Waals surface area contributed by atoms with Gasteiger partial charge in [0, 0.05) is 5.69 Å². The van der Waals surface area contributed by atoms with E-state index >= 15 is 0 Å². The Morgan fingerprint density at radius 3 is 2.43 bits per heavy atom. The summed E-state index contributed by atoms with van der Waals surface area (Å²) in [6, 6.07) is 10.6. The molecule has 0 saturated heterocycles. The number of carbonyl (C=O) groups is 1. The van der Waals surface area contributed by atoms with E-state index < -0.39 is 10.9 Å². The Bertz CT molecular complexity index is 682. The maximum Gasteiger partial charge on any atom is 0.335 e. The highest BCUT2D eigenvalue weighted by atomic mass is 16.6. The van der Waals surface area contributed by atoms with Crippen LogP contribution < -0.4 is 10.1 Å². The zero-order chi connectivity index (χ0) is 15.4. The summed E-state index contributed by atoms with van der Waals surface area (Å²) >= 11 is 0. The van der Waals surface area contributed by atoms with Crippen molar-refractivity contribution < 1.29 is 19.6 Å². The van der Waals surface area contributed by atoms with Gasteiger partial charge in [-0.3, -0.25) is 10.1 Å². The maximum atomic E-state index is 11.1. The van der Waals surface area contributed by atoms with Gasteiger partial charge in [0.15, 0.2) is 5.75 Å². The van der Waals surface area contributed by atoms with Gasteiger partial charge in [-0.25, -0.2) is 4.79 Å². The molecule has 0 aliphatic rings. The van der Waals surface area contributed by atoms with Crippen LogP contribution in [0.25, 0.3) is 0 Å². The minimum atomic E-state index is -1.03. The molecule has 0 radical (unpaired) electrons. The molecule has 0 unspecified atom stereocenters. The lowest BCUT2D eigenvalue weighted by molar-refractivity contribution is -0.384. The number of anilines is 2. The lowest BCUT2D eigenvalue weighted by atomic mass is 10.2. The van der Waals surface area contributed by atoms with Crippen LogP contribution in [0.2, 0.25) is 0 Å². The van der Waals surface area contributed by atoms with Crippen molar-refractivity contribution in [3.63, 3.8) is 0 Å². The van der Waals surface area contributed by atoms with Gasteiger partial charge in [0.25, 0.3) is 0 Å². The number of carboxylic acids is 1. The van der Waals surface area contributed by atoms with Gasteiger partial charge in [-0.05, 0) is 36.4 Å². The predicted octanol–water partition coefficient (Wildman–Crippen LogP) is 3.05. The molecule has 0 saturated carbocycles. The minimum absolute atomic E-state index is 0.140. The summed E-state index contributed by atoms with van der Waals surface area (Å²) in [5.41, 5.74) is 0.766. The van der Waals surface area contributed by atoms with E-state index in [1.54, 1.807) is 12.1 Å². The van der Waals surface area contributed by atoms with Crippen molar-refractivity contribution >= 4 is 23.0 Å². The molecule has 0 bridgehead atoms. The first kappa shape index (κ1) is 14.3. The molecule has 0 aliphatic carbocycles. The summed E-state index contributed by atoms with van der Waals surface area (Å²) in [4.78, 5) is 21.4. The van der Waals surface area contributed by atoms with Crippen molar-refractivity contribution in [1.82, 2.24) is 0 Å². The second kappa shape index (κ2) is 5.91. The Morgan fingerprint density at radius 1 is 1.24 bits per heavy atom. The monoisotopic (exact) mass is 288 g/mol. The van der Waals surface area contributed by atoms with Gasteiger partial charge >= 0.3 is 11.7 Å². The Labute approximate surface area is 119 Å². The van der Waals surface area contributed by atoms with Crippen LogP contribution in [0.4, 0.5) is 17.1 Å². The third-order valence-electron chi connectivity index (χ3n) is 2.81. The molecule has 0 amide bonds. The highest BCUT2D eigenvalue weighted by Crippen LogP contribution is 2.36. The first-order chi connectivity index (χ1) is 10.0. The molecule has 2 rings (SSSR count). The topological polar surface area (TPSA) is 102 Å². The Kier molecular flexibility index (Phi) is 4.03. The van der Waals surface area contributed by atoms with E-state index in [0.29, 0.717) is 5.69 Å². The smallest absolute Gasteiger partial charge is 0.335 e. The van der Waals surface area contributed by atoms with Crippen molar-refractivity contribution in [2.45, 2.75) is 0 Å². The van der Waals surface area contributed by atoms with Crippen LogP contribution in [-0.2, 0) is 0 Å². The van der Waals surface area contributed by atoms with Crippen molar-refractivity contribution in [3.05, 3.63) is 58.1 Å². The van der Waals surface area contributed by atoms with E-state index in [9.17, 15) is 14.9 Å². The number of methoxy groups -OCH3 is 1. The highest BCUT2D eigenvalue weighted by Gasteiger charge is 2.20. The number of benzene rings is 2. The fraction of sp³-hybridized carbons (Fsp3) is 0.0714. The maximum absolute atomic E-state index is 11.1. The van der Waals surface area contributed by atoms with Gasteiger partial charge in [-0.1, -0.05) is 6.07 Å². The second-order valence-corrected chi connectivity index (χ2v) is 4.12. The van der Waals surface area contributed by atoms with E-state index in [0.717, 1.165) is 0 Å². The molecule has 0 fully saturated rings. The van der Waals surface area contributed by atoms with Gasteiger partial charge in [-0.2, -0.15) is 0 Å². The van der Waals surface area contributed by atoms with Crippen molar-refractivity contribution in [1.29, 1.82) is 0 Å². The summed E-state index contributed by atoms with van der Waals surface area (Å²) < 4.78 is 4.98. The van der Waals surface area contributed by atoms with Crippen molar-refractivity contribution in [2.24, 2.45) is 0 Å². The summed E-state index contributed by atoms with van der Waals surface area (Å²) in [6.45, 7) is 0. The number of nitrogens with one attached hydrogen (secondary N) is 1. The molecule has 0 heterocycles. The Morgan fingerprint density at radius 2 is 1.90 bits per heavy atom. The molecular formula is C14H12N2O5. The van der Waals surface area contributed by atoms with Gasteiger partial charge in [-0.15, -0.1) is 0 Å². The third kappa shape index (κ3) is 3.08. The van der Waals surface area contributed by atoms with Crippen LogP contribution in [0.1, 0.15) is 10.4 Å². The standard InChI is InChI=1S/C14H12N2O5/c1-21-12-4-2-3-11(13(12)16(19)20)15-10-7-5-9(6-8-10)14(17)18/h2-8,15H,1H3,(H,17,18). The average Bonchev–Trinajstić information content (AvgIpc) is 2.47. The van der Waals surface area contributed by atoms with Gasteiger partial charge in [0.2, 0.25) is 0 Å². The van der Waals surface area contributed by atoms with Crippen molar-refractivity contribution in [3.8, 4) is 5.75 Å². The van der Waals surface area contributed by atoms with Crippen molar-refractivity contribution in [2.75, 3.05) is 12.4 Å². The van der Waals surface area contributed by atoms with Crippen LogP contribution in [0, 0.1) is 10.1 Å². The molecule has 2 aromatic rings. The zero-order valence-electron chi connectivity index (χ0n) is 11.1. The van der Waals surface area contributed by atoms with Gasteiger partial charge in [0.05, 0.1) is 17.6 Å². The first-order valence-electron chi connectivity index (χ1n) is 5.94. The molecule has 21 heavy (non-hydrogen) atoms. The van der Waals surface area contributed by atoms with E-state index in [1.807, 2.05) is 0 Å². The molecule has 7 heteroatoms. The summed E-state index contributed by atoms with van der Waals surface area (Å²) in [5, 5.41) is 22.8. The zero-order valence-corrected chi connectivity index (χ0v) is 11.1. The normalized spacial score (nSPS) is 9.95. The molecule has 0 atom stereocenters. The van der Waals surface area contributed by atoms with Crippen LogP contribution in [0.3, 0.4) is 0 Å². The molecule has 2 aromatic carbocycles. The molecule has 0 spiro atoms. The number of nitro benzene ring substituents is 1. The van der Waals surface area contributed by atoms with E-state index in [4.69, 9.17) is 9.84 Å². The largest absolute Gasteiger partial charge is 0.490 e. The summed E-state index contributed by atoms with van der Waals surface area (Å²) in [7, 11) is 1.35. The van der Waals surface area contributed by atoms with E-state index in [1.165, 1.54) is 37.4 Å². The van der Waals surface area contributed by atoms with Crippen LogP contribution >= 0.6 is 0 Å². The second-order valence-electron chi connectivity index (χ2n) is 4.12. The summed E-state index contributed by atoms with van der Waals surface area (Å²) in [5.74, 6) is -0.888. The molecule has 7 nitrogen and oxygen atoms in total. The number of para-hydroxylation sites is 1. The van der Waals surface area contributed by atoms with E-state index in [2.05, 4.69) is 5.32 Å². The lowest BCUT2D eigenvalue weighted by Gasteiger charge is -2.09. The SMILES string of the molecule is COc1cccc(Nc2ccc(C(=O)O)cc2)c1[N+](=O)[O-]. The number of hydrogen-bond acceptors (Lipinski definition) is 5. The predicted molar refractivity (Wildman–Crippen MR) is 76.3 cm³/mol. The number of ether oxygens (including phenoxy) is 1. The van der Waals surface area contributed by atoms with Gasteiger partial charge in [0.1, 0.15) is 5.69 Å². The Hall–Kier alpha value is -3.09. The fourth-order valence-corrected chi connectivity index (χ4v) is 1.83. The highest BCUT2D eigenvalue weighted by molar-refractivity contribution is 5.88. The summed E-state index contributed by atoms with van der Waals surface area (Å²) in [6.07, 6.45) is 0. The molecular weight excluding hydrogens is 276 g/mol. The number of rotatable bonds is 5. The minimum Gasteiger partial charge on any atom is -0.490 e. The Balaban J connectivity index is 2.35. The van der Waals surface area contributed by atoms with Gasteiger partial charge < -0.3 is 15.2 Å². The number of nitrogens with zero attached hydrogens (tertiary/aromatic N) is 1. The fourth-order valence-electron chi connectivity index (χ4n) is 1.83. The number of carboxylic acid groups (broad SMARTS) is 1. The number of nitro groups is 1. The number of aromatic carboxylic acids is 1. The van der Waals surface area contributed by atoms with Crippen LogP contribution in [-0.4, -0.2) is 23.1 Å². The van der Waals surface area contributed by atoms with E-state index in [-0.39, 0.29) is 22.7 Å². The molecule has 108 valence electrons.